The summed E-state index contributed by atoms with van der Waals surface area (Å²) in [7, 11) is 0. The molecule has 3 fully saturated rings. The topological polar surface area (TPSA) is 24.1 Å². The molecular formula is C6H10N2. The van der Waals surface area contributed by atoms with Crippen LogP contribution in [0.4, 0.5) is 0 Å². The number of piperidine rings is 1. The largest absolute Gasteiger partial charge is 0.311 e. The molecule has 1 saturated carbocycles. The quantitative estimate of drug-likeness (QED) is 0.432. The second-order valence-corrected chi connectivity index (χ2v) is 3.28. The highest BCUT2D eigenvalue weighted by Crippen LogP contribution is 2.53. The molecule has 3 unspecified atom stereocenters. The van der Waals surface area contributed by atoms with Crippen LogP contribution in [-0.4, -0.2) is 24.7 Å². The van der Waals surface area contributed by atoms with E-state index in [0.29, 0.717) is 5.54 Å². The van der Waals surface area contributed by atoms with Crippen LogP contribution < -0.4 is 10.6 Å². The normalized spacial score (nSPS) is 66.0. The molecule has 0 bridgehead atoms. The fourth-order valence-corrected chi connectivity index (χ4v) is 2.25. The molecule has 0 aromatic heterocycles. The molecule has 8 heavy (non-hydrogen) atoms. The molecule has 2 nitrogen and oxygen atoms in total. The first-order chi connectivity index (χ1) is 3.92. The van der Waals surface area contributed by atoms with Gasteiger partial charge in [-0.3, -0.25) is 0 Å². The van der Waals surface area contributed by atoms with Crippen LogP contribution in [0.5, 0.6) is 0 Å². The predicted octanol–water partition coefficient (Wildman–Crippen LogP) is -0.680. The molecule has 2 heteroatoms. The van der Waals surface area contributed by atoms with Crippen LogP contribution in [0.3, 0.4) is 0 Å². The summed E-state index contributed by atoms with van der Waals surface area (Å²) in [6.07, 6.45) is 1.45. The zero-order valence-electron chi connectivity index (χ0n) is 4.78. The lowest BCUT2D eigenvalue weighted by molar-refractivity contribution is 0.277. The van der Waals surface area contributed by atoms with Gasteiger partial charge in [0.1, 0.15) is 0 Å². The van der Waals surface area contributed by atoms with E-state index in [2.05, 4.69) is 10.6 Å². The smallest absolute Gasteiger partial charge is 0.0393 e. The summed E-state index contributed by atoms with van der Waals surface area (Å²) in [6, 6.07) is 0.854. The molecule has 3 rings (SSSR count). The van der Waals surface area contributed by atoms with E-state index in [0.717, 1.165) is 12.0 Å². The summed E-state index contributed by atoms with van der Waals surface area (Å²) in [5.41, 5.74) is 0.639. The van der Waals surface area contributed by atoms with Crippen molar-refractivity contribution in [3.63, 3.8) is 0 Å². The van der Waals surface area contributed by atoms with Crippen molar-refractivity contribution in [3.05, 3.63) is 0 Å². The SMILES string of the molecule is C1NC2CNC23CC13. The molecular weight excluding hydrogens is 100 g/mol. The molecule has 2 saturated heterocycles. The number of rotatable bonds is 0. The molecule has 1 aliphatic carbocycles. The Bertz CT molecular complexity index is 139. The van der Waals surface area contributed by atoms with Crippen molar-refractivity contribution in [2.75, 3.05) is 13.1 Å². The van der Waals surface area contributed by atoms with E-state index in [1.165, 1.54) is 19.5 Å². The zero-order chi connectivity index (χ0) is 5.19. The van der Waals surface area contributed by atoms with Crippen LogP contribution in [0.15, 0.2) is 0 Å². The maximum atomic E-state index is 3.50. The fraction of sp³-hybridized carbons (Fsp3) is 1.00. The van der Waals surface area contributed by atoms with Gasteiger partial charge < -0.3 is 10.6 Å². The minimum atomic E-state index is 0.639. The third-order valence-corrected chi connectivity index (χ3v) is 3.02. The molecule has 2 heterocycles. The predicted molar refractivity (Wildman–Crippen MR) is 30.6 cm³/mol. The summed E-state index contributed by atoms with van der Waals surface area (Å²) in [6.45, 7) is 2.49. The minimum Gasteiger partial charge on any atom is -0.311 e. The van der Waals surface area contributed by atoms with Crippen LogP contribution in [0, 0.1) is 5.92 Å². The van der Waals surface area contributed by atoms with Gasteiger partial charge >= 0.3 is 0 Å². The van der Waals surface area contributed by atoms with E-state index < -0.39 is 0 Å². The van der Waals surface area contributed by atoms with Crippen molar-refractivity contribution in [2.24, 2.45) is 5.92 Å². The summed E-state index contributed by atoms with van der Waals surface area (Å²) >= 11 is 0. The van der Waals surface area contributed by atoms with E-state index in [1.54, 1.807) is 0 Å². The summed E-state index contributed by atoms with van der Waals surface area (Å²) in [5, 5.41) is 6.98. The highest BCUT2D eigenvalue weighted by Gasteiger charge is 2.67. The first-order valence-corrected chi connectivity index (χ1v) is 3.40. The van der Waals surface area contributed by atoms with Gasteiger partial charge in [-0.1, -0.05) is 0 Å². The molecule has 44 valence electrons. The van der Waals surface area contributed by atoms with Gasteiger partial charge in [-0.15, -0.1) is 0 Å². The third-order valence-electron chi connectivity index (χ3n) is 3.02. The molecule has 1 spiro atoms. The lowest BCUT2D eigenvalue weighted by Crippen LogP contribution is -2.62. The van der Waals surface area contributed by atoms with E-state index in [4.69, 9.17) is 0 Å². The van der Waals surface area contributed by atoms with Gasteiger partial charge in [-0.2, -0.15) is 0 Å². The standard InChI is InChI=1S/C6H10N2/c1-4-2-7-5-3-8-6(1,4)5/h4-5,7-8H,1-3H2. The van der Waals surface area contributed by atoms with Crippen molar-refractivity contribution in [1.29, 1.82) is 0 Å². The second kappa shape index (κ2) is 0.847. The van der Waals surface area contributed by atoms with Crippen LogP contribution in [-0.2, 0) is 0 Å². The first kappa shape index (κ1) is 3.85. The Morgan fingerprint density at radius 3 is 2.62 bits per heavy atom. The monoisotopic (exact) mass is 110 g/mol. The Morgan fingerprint density at radius 1 is 1.38 bits per heavy atom. The van der Waals surface area contributed by atoms with Crippen molar-refractivity contribution < 1.29 is 0 Å². The maximum absolute atomic E-state index is 3.50. The zero-order valence-corrected chi connectivity index (χ0v) is 4.78. The Kier molecular flexibility index (Phi) is 0.408. The van der Waals surface area contributed by atoms with Crippen LogP contribution in [0.25, 0.3) is 0 Å². The molecule has 0 aromatic rings. The van der Waals surface area contributed by atoms with Crippen molar-refractivity contribution in [1.82, 2.24) is 10.6 Å². The number of nitrogens with one attached hydrogen (secondary N) is 2. The van der Waals surface area contributed by atoms with Crippen LogP contribution >= 0.6 is 0 Å². The van der Waals surface area contributed by atoms with E-state index in [-0.39, 0.29) is 0 Å². The molecule has 2 aliphatic heterocycles. The molecule has 2 N–H and O–H groups in total. The average molecular weight is 110 g/mol. The van der Waals surface area contributed by atoms with Gasteiger partial charge in [-0.05, 0) is 12.3 Å². The lowest BCUT2D eigenvalue weighted by Gasteiger charge is -2.35. The first-order valence-electron chi connectivity index (χ1n) is 3.40. The highest BCUT2D eigenvalue weighted by atomic mass is 15.3. The van der Waals surface area contributed by atoms with Gasteiger partial charge in [-0.25, -0.2) is 0 Å². The Labute approximate surface area is 48.6 Å². The Morgan fingerprint density at radius 2 is 2.38 bits per heavy atom. The van der Waals surface area contributed by atoms with Crippen molar-refractivity contribution in [3.8, 4) is 0 Å². The van der Waals surface area contributed by atoms with Crippen molar-refractivity contribution >= 4 is 0 Å². The van der Waals surface area contributed by atoms with E-state index in [1.807, 2.05) is 0 Å². The summed E-state index contributed by atoms with van der Waals surface area (Å²) in [4.78, 5) is 0. The molecule has 3 atom stereocenters. The maximum Gasteiger partial charge on any atom is 0.0393 e. The third kappa shape index (κ3) is 0.213. The summed E-state index contributed by atoms with van der Waals surface area (Å²) < 4.78 is 0. The second-order valence-electron chi connectivity index (χ2n) is 3.28. The van der Waals surface area contributed by atoms with E-state index in [9.17, 15) is 0 Å². The van der Waals surface area contributed by atoms with Gasteiger partial charge in [0, 0.05) is 24.7 Å². The van der Waals surface area contributed by atoms with Gasteiger partial charge in [0.25, 0.3) is 0 Å². The number of hydrogen-bond acceptors (Lipinski definition) is 2. The summed E-state index contributed by atoms with van der Waals surface area (Å²) in [5.74, 6) is 1.00. The van der Waals surface area contributed by atoms with Gasteiger partial charge in [0.2, 0.25) is 0 Å². The highest BCUT2D eigenvalue weighted by molar-refractivity contribution is 5.28. The molecule has 0 amide bonds. The fourth-order valence-electron chi connectivity index (χ4n) is 2.25. The van der Waals surface area contributed by atoms with E-state index >= 15 is 0 Å². The number of hydrogen-bond donors (Lipinski definition) is 2. The molecule has 0 radical (unpaired) electrons. The molecule has 0 aromatic carbocycles. The average Bonchev–Trinajstić information content (AvgIpc) is 2.36. The minimum absolute atomic E-state index is 0.639. The van der Waals surface area contributed by atoms with Crippen LogP contribution in [0.2, 0.25) is 0 Å². The Balaban J connectivity index is 2.02. The van der Waals surface area contributed by atoms with Crippen LogP contribution in [0.1, 0.15) is 6.42 Å². The molecule has 3 aliphatic rings. The van der Waals surface area contributed by atoms with Gasteiger partial charge in [0.15, 0.2) is 0 Å². The van der Waals surface area contributed by atoms with Gasteiger partial charge in [0.05, 0.1) is 0 Å². The lowest BCUT2D eigenvalue weighted by atomic mass is 9.99. The van der Waals surface area contributed by atoms with Crippen molar-refractivity contribution in [2.45, 2.75) is 18.0 Å². The Hall–Kier alpha value is -0.0800.